The molecular weight excluding hydrogens is 378 g/mol. The average molecular weight is 401 g/mol. The van der Waals surface area contributed by atoms with E-state index in [1.807, 2.05) is 12.1 Å². The molecule has 3 rings (SSSR count). The van der Waals surface area contributed by atoms with Crippen LogP contribution in [0.3, 0.4) is 0 Å². The number of hydrogen-bond acceptors (Lipinski definition) is 5. The summed E-state index contributed by atoms with van der Waals surface area (Å²) in [4.78, 5) is 24.2. The molecule has 0 aromatic heterocycles. The molecule has 148 valence electrons. The molecule has 28 heavy (non-hydrogen) atoms. The SMILES string of the molecule is NS(=O)(=O)c1ccc(CCC(=O)OCC(=O)c2ccc3c(c2)CCCC3)cc1. The third kappa shape index (κ3) is 5.27. The van der Waals surface area contributed by atoms with E-state index in [-0.39, 0.29) is 23.7 Å². The lowest BCUT2D eigenvalue weighted by Gasteiger charge is -2.16. The first-order chi connectivity index (χ1) is 13.3. The Kier molecular flexibility index (Phi) is 6.26. The van der Waals surface area contributed by atoms with Gasteiger partial charge in [-0.1, -0.05) is 24.3 Å². The first-order valence-electron chi connectivity index (χ1n) is 9.25. The van der Waals surface area contributed by atoms with Gasteiger partial charge in [0.1, 0.15) is 0 Å². The lowest BCUT2D eigenvalue weighted by atomic mass is 9.90. The van der Waals surface area contributed by atoms with Gasteiger partial charge in [0, 0.05) is 12.0 Å². The maximum absolute atomic E-state index is 12.3. The summed E-state index contributed by atoms with van der Waals surface area (Å²) in [5.74, 6) is -0.680. The number of esters is 1. The number of hydrogen-bond donors (Lipinski definition) is 1. The van der Waals surface area contributed by atoms with Crippen molar-refractivity contribution < 1.29 is 22.7 Å². The molecule has 0 saturated carbocycles. The molecule has 0 fully saturated rings. The van der Waals surface area contributed by atoms with Gasteiger partial charge in [-0.15, -0.1) is 0 Å². The number of ketones is 1. The molecule has 2 aromatic carbocycles. The Balaban J connectivity index is 1.48. The molecule has 0 atom stereocenters. The highest BCUT2D eigenvalue weighted by molar-refractivity contribution is 7.89. The number of primary sulfonamides is 1. The minimum Gasteiger partial charge on any atom is -0.457 e. The summed E-state index contributed by atoms with van der Waals surface area (Å²) in [7, 11) is -3.73. The molecule has 0 bridgehead atoms. The maximum Gasteiger partial charge on any atom is 0.306 e. The van der Waals surface area contributed by atoms with Crippen LogP contribution in [0.25, 0.3) is 0 Å². The molecule has 6 nitrogen and oxygen atoms in total. The minimum atomic E-state index is -3.73. The highest BCUT2D eigenvalue weighted by Gasteiger charge is 2.15. The van der Waals surface area contributed by atoms with E-state index < -0.39 is 16.0 Å². The van der Waals surface area contributed by atoms with Crippen molar-refractivity contribution in [3.63, 3.8) is 0 Å². The van der Waals surface area contributed by atoms with Crippen LogP contribution in [-0.2, 0) is 38.8 Å². The number of carbonyl (C=O) groups excluding carboxylic acids is 2. The fraction of sp³-hybridized carbons (Fsp3) is 0.333. The predicted molar refractivity (Wildman–Crippen MR) is 105 cm³/mol. The Morgan fingerprint density at radius 3 is 2.32 bits per heavy atom. The van der Waals surface area contributed by atoms with Crippen LogP contribution >= 0.6 is 0 Å². The second-order valence-electron chi connectivity index (χ2n) is 6.96. The Hall–Kier alpha value is -2.51. The fourth-order valence-corrected chi connectivity index (χ4v) is 3.82. The molecular formula is C21H23NO5S. The van der Waals surface area contributed by atoms with Gasteiger partial charge >= 0.3 is 5.97 Å². The van der Waals surface area contributed by atoms with Crippen LogP contribution in [0.15, 0.2) is 47.4 Å². The normalized spacial score (nSPS) is 13.6. The number of benzene rings is 2. The van der Waals surface area contributed by atoms with E-state index in [2.05, 4.69) is 0 Å². The van der Waals surface area contributed by atoms with Crippen LogP contribution in [-0.4, -0.2) is 26.8 Å². The maximum atomic E-state index is 12.3. The highest BCUT2D eigenvalue weighted by Crippen LogP contribution is 2.22. The van der Waals surface area contributed by atoms with E-state index in [9.17, 15) is 18.0 Å². The van der Waals surface area contributed by atoms with Crippen molar-refractivity contribution in [1.29, 1.82) is 0 Å². The molecule has 0 spiro atoms. The smallest absolute Gasteiger partial charge is 0.306 e. The van der Waals surface area contributed by atoms with Crippen molar-refractivity contribution in [2.45, 2.75) is 43.4 Å². The Morgan fingerprint density at radius 1 is 0.964 bits per heavy atom. The van der Waals surface area contributed by atoms with Crippen molar-refractivity contribution >= 4 is 21.8 Å². The van der Waals surface area contributed by atoms with Crippen molar-refractivity contribution in [3.05, 3.63) is 64.7 Å². The largest absolute Gasteiger partial charge is 0.457 e. The van der Waals surface area contributed by atoms with Gasteiger partial charge in [0.2, 0.25) is 10.0 Å². The summed E-state index contributed by atoms with van der Waals surface area (Å²) in [6.07, 6.45) is 4.85. The van der Waals surface area contributed by atoms with Crippen LogP contribution in [0.5, 0.6) is 0 Å². The Morgan fingerprint density at radius 2 is 1.64 bits per heavy atom. The number of carbonyl (C=O) groups is 2. The Labute approximate surface area is 164 Å². The van der Waals surface area contributed by atoms with Gasteiger partial charge in [-0.05, 0) is 67.0 Å². The molecule has 2 N–H and O–H groups in total. The Bertz CT molecular complexity index is 980. The monoisotopic (exact) mass is 401 g/mol. The summed E-state index contributed by atoms with van der Waals surface area (Å²) in [6.45, 7) is -0.276. The zero-order valence-electron chi connectivity index (χ0n) is 15.5. The van der Waals surface area contributed by atoms with Gasteiger partial charge in [-0.25, -0.2) is 13.6 Å². The topological polar surface area (TPSA) is 104 Å². The molecule has 0 heterocycles. The van der Waals surface area contributed by atoms with Crippen molar-refractivity contribution in [2.24, 2.45) is 5.14 Å². The number of sulfonamides is 1. The predicted octanol–water partition coefficient (Wildman–Crippen LogP) is 2.57. The highest BCUT2D eigenvalue weighted by atomic mass is 32.2. The van der Waals surface area contributed by atoms with Gasteiger partial charge in [-0.3, -0.25) is 9.59 Å². The van der Waals surface area contributed by atoms with Crippen LogP contribution in [0.4, 0.5) is 0 Å². The third-order valence-electron chi connectivity index (χ3n) is 4.90. The molecule has 7 heteroatoms. The lowest BCUT2D eigenvalue weighted by Crippen LogP contribution is -2.15. The van der Waals surface area contributed by atoms with Gasteiger partial charge in [0.15, 0.2) is 12.4 Å². The number of Topliss-reactive ketones (excluding diaryl/α,β-unsaturated/α-hetero) is 1. The van der Waals surface area contributed by atoms with Crippen molar-refractivity contribution in [1.82, 2.24) is 0 Å². The summed E-state index contributed by atoms with van der Waals surface area (Å²) >= 11 is 0. The first-order valence-corrected chi connectivity index (χ1v) is 10.8. The standard InChI is InChI=1S/C21H23NO5S/c22-28(25,26)19-10-5-15(6-11-19)7-12-21(24)27-14-20(23)18-9-8-16-3-1-2-4-17(16)13-18/h5-6,8-11,13H,1-4,7,12,14H2,(H2,22,25,26). The number of ether oxygens (including phenoxy) is 1. The van der Waals surface area contributed by atoms with Crippen LogP contribution in [0.2, 0.25) is 0 Å². The number of rotatable bonds is 7. The molecule has 0 aliphatic heterocycles. The van der Waals surface area contributed by atoms with Gasteiger partial charge in [0.25, 0.3) is 0 Å². The third-order valence-corrected chi connectivity index (χ3v) is 5.83. The van der Waals surface area contributed by atoms with Gasteiger partial charge in [-0.2, -0.15) is 0 Å². The average Bonchev–Trinajstić information content (AvgIpc) is 2.69. The second kappa shape index (κ2) is 8.67. The van der Waals surface area contributed by atoms with Gasteiger partial charge < -0.3 is 4.74 Å². The van der Waals surface area contributed by atoms with Gasteiger partial charge in [0.05, 0.1) is 4.90 Å². The van der Waals surface area contributed by atoms with E-state index in [1.54, 1.807) is 18.2 Å². The molecule has 2 aromatic rings. The quantitative estimate of drug-likeness (QED) is 0.567. The van der Waals surface area contributed by atoms with E-state index in [4.69, 9.17) is 9.88 Å². The molecule has 1 aliphatic carbocycles. The van der Waals surface area contributed by atoms with E-state index >= 15 is 0 Å². The lowest BCUT2D eigenvalue weighted by molar-refractivity contribution is -0.142. The second-order valence-corrected chi connectivity index (χ2v) is 8.52. The van der Waals surface area contributed by atoms with Crippen LogP contribution in [0, 0.1) is 0 Å². The van der Waals surface area contributed by atoms with E-state index in [0.717, 1.165) is 24.8 Å². The van der Waals surface area contributed by atoms with Crippen molar-refractivity contribution in [2.75, 3.05) is 6.61 Å². The molecule has 0 amide bonds. The van der Waals surface area contributed by atoms with Crippen molar-refractivity contribution in [3.8, 4) is 0 Å². The molecule has 1 aliphatic rings. The summed E-state index contributed by atoms with van der Waals surface area (Å²) < 4.78 is 27.6. The fourth-order valence-electron chi connectivity index (χ4n) is 3.30. The summed E-state index contributed by atoms with van der Waals surface area (Å²) in [5.41, 5.74) is 3.87. The summed E-state index contributed by atoms with van der Waals surface area (Å²) in [6, 6.07) is 11.7. The first kappa shape index (κ1) is 20.2. The van der Waals surface area contributed by atoms with Crippen LogP contribution in [0.1, 0.15) is 46.3 Å². The number of nitrogens with two attached hydrogens (primary N) is 1. The molecule has 0 saturated heterocycles. The molecule has 0 radical (unpaired) electrons. The number of aryl methyl sites for hydroxylation is 3. The van der Waals surface area contributed by atoms with E-state index in [0.29, 0.717) is 12.0 Å². The molecule has 0 unspecified atom stereocenters. The zero-order chi connectivity index (χ0) is 20.1. The number of fused-ring (bicyclic) bond motifs is 1. The minimum absolute atomic E-state index is 0.0227. The zero-order valence-corrected chi connectivity index (χ0v) is 16.3. The van der Waals surface area contributed by atoms with Crippen LogP contribution < -0.4 is 5.14 Å². The van der Waals surface area contributed by atoms with E-state index in [1.165, 1.54) is 29.7 Å². The summed E-state index contributed by atoms with van der Waals surface area (Å²) in [5, 5.41) is 5.05.